The smallest absolute Gasteiger partial charge is 0.176 e. The number of hydrogen-bond acceptors (Lipinski definition) is 4. The van der Waals surface area contributed by atoms with Gasteiger partial charge in [0, 0.05) is 20.1 Å². The fraction of sp³-hybridized carbons (Fsp3) is 0.261. The molecule has 5 heteroatoms. The van der Waals surface area contributed by atoms with Gasteiger partial charge in [-0.1, -0.05) is 42.5 Å². The van der Waals surface area contributed by atoms with Crippen molar-refractivity contribution in [3.8, 4) is 11.6 Å². The van der Waals surface area contributed by atoms with Crippen molar-refractivity contribution in [2.45, 2.75) is 18.6 Å². The van der Waals surface area contributed by atoms with Crippen molar-refractivity contribution in [1.82, 2.24) is 14.5 Å². The average molecular weight is 373 g/mol. The molecule has 2 aromatic carbocycles. The van der Waals surface area contributed by atoms with Gasteiger partial charge in [-0.15, -0.1) is 0 Å². The van der Waals surface area contributed by atoms with Crippen LogP contribution in [0.1, 0.15) is 17.7 Å². The van der Waals surface area contributed by atoms with Gasteiger partial charge in [0.15, 0.2) is 11.6 Å². The number of nitrogens with zero attached hydrogens (tertiary/aromatic N) is 3. The zero-order chi connectivity index (χ0) is 19.1. The van der Waals surface area contributed by atoms with E-state index in [0.717, 1.165) is 46.9 Å². The van der Waals surface area contributed by atoms with E-state index in [1.807, 2.05) is 67.7 Å². The van der Waals surface area contributed by atoms with Crippen LogP contribution in [0.3, 0.4) is 0 Å². The normalized spacial score (nSPS) is 20.2. The Bertz CT molecular complexity index is 1120. The molecular weight excluding hydrogens is 350 g/mol. The van der Waals surface area contributed by atoms with Gasteiger partial charge in [-0.2, -0.15) is 0 Å². The molecule has 28 heavy (non-hydrogen) atoms. The number of imidazole rings is 1. The molecule has 1 atom stereocenters. The molecule has 0 amide bonds. The number of aromatic nitrogens is 2. The van der Waals surface area contributed by atoms with Gasteiger partial charge in [0.25, 0.3) is 0 Å². The van der Waals surface area contributed by atoms with Crippen molar-refractivity contribution in [1.29, 1.82) is 0 Å². The van der Waals surface area contributed by atoms with Crippen LogP contribution in [0.15, 0.2) is 71.1 Å². The third-order valence-electron chi connectivity index (χ3n) is 5.69. The fourth-order valence-corrected chi connectivity index (χ4v) is 4.16. The molecule has 0 unspecified atom stereocenters. The van der Waals surface area contributed by atoms with E-state index in [-0.39, 0.29) is 0 Å². The van der Waals surface area contributed by atoms with Gasteiger partial charge in [0.1, 0.15) is 11.4 Å². The lowest BCUT2D eigenvalue weighted by atomic mass is 9.93. The maximum absolute atomic E-state index is 11.0. The van der Waals surface area contributed by atoms with Crippen molar-refractivity contribution in [3.05, 3.63) is 78.1 Å². The molecule has 0 spiro atoms. The fourth-order valence-electron chi connectivity index (χ4n) is 4.16. The Morgan fingerprint density at radius 1 is 1.04 bits per heavy atom. The highest BCUT2D eigenvalue weighted by atomic mass is 16.3. The van der Waals surface area contributed by atoms with Crippen LogP contribution >= 0.6 is 0 Å². The summed E-state index contributed by atoms with van der Waals surface area (Å²) in [4.78, 5) is 6.95. The zero-order valence-corrected chi connectivity index (χ0v) is 15.9. The number of aryl methyl sites for hydroxylation is 1. The Morgan fingerprint density at radius 2 is 1.82 bits per heavy atom. The lowest BCUT2D eigenvalue weighted by Gasteiger charge is -2.23. The number of fused-ring (bicyclic) bond motifs is 1. The Balaban J connectivity index is 1.34. The predicted molar refractivity (Wildman–Crippen MR) is 109 cm³/mol. The summed E-state index contributed by atoms with van der Waals surface area (Å²) in [5.41, 5.74) is 2.25. The molecule has 0 saturated carbocycles. The summed E-state index contributed by atoms with van der Waals surface area (Å²) in [6.07, 6.45) is 0.731. The van der Waals surface area contributed by atoms with Gasteiger partial charge in [-0.05, 0) is 36.2 Å². The SMILES string of the molecule is Cn1c(-c2ccc(CN3CC[C@](O)(c4ccccc4)C3)o2)nc2ccccc21. The molecule has 142 valence electrons. The van der Waals surface area contributed by atoms with Gasteiger partial charge in [0.05, 0.1) is 17.6 Å². The Kier molecular flexibility index (Phi) is 4.07. The van der Waals surface area contributed by atoms with E-state index in [1.54, 1.807) is 0 Å². The van der Waals surface area contributed by atoms with Crippen molar-refractivity contribution < 1.29 is 9.52 Å². The topological polar surface area (TPSA) is 54.4 Å². The van der Waals surface area contributed by atoms with E-state index in [0.29, 0.717) is 13.1 Å². The van der Waals surface area contributed by atoms with Crippen molar-refractivity contribution in [2.75, 3.05) is 13.1 Å². The first-order valence-corrected chi connectivity index (χ1v) is 9.63. The predicted octanol–water partition coefficient (Wildman–Crippen LogP) is 3.93. The molecule has 5 rings (SSSR count). The molecule has 0 bridgehead atoms. The van der Waals surface area contributed by atoms with Gasteiger partial charge in [0.2, 0.25) is 0 Å². The maximum atomic E-state index is 11.0. The molecular formula is C23H23N3O2. The number of β-amino-alcohol motifs (C(OH)–C–C–N with tert-alkyl or cyclic N) is 1. The number of para-hydroxylation sites is 2. The molecule has 1 saturated heterocycles. The minimum absolute atomic E-state index is 0.610. The van der Waals surface area contributed by atoms with E-state index in [4.69, 9.17) is 9.40 Å². The monoisotopic (exact) mass is 373 g/mol. The minimum Gasteiger partial charge on any atom is -0.456 e. The number of aliphatic hydroxyl groups is 1. The quantitative estimate of drug-likeness (QED) is 0.589. The standard InChI is InChI=1S/C23H23N3O2/c1-25-20-10-6-5-9-19(20)24-22(25)21-12-11-18(28-21)15-26-14-13-23(27,16-26)17-7-3-2-4-8-17/h2-12,27H,13-16H2,1H3/t23-/m1/s1. The van der Waals surface area contributed by atoms with Gasteiger partial charge < -0.3 is 14.1 Å². The van der Waals surface area contributed by atoms with Crippen LogP contribution in [0.25, 0.3) is 22.6 Å². The Labute approximate surface area is 163 Å². The first-order chi connectivity index (χ1) is 13.6. The van der Waals surface area contributed by atoms with E-state index < -0.39 is 5.60 Å². The summed E-state index contributed by atoms with van der Waals surface area (Å²) in [7, 11) is 2.01. The van der Waals surface area contributed by atoms with Crippen molar-refractivity contribution in [2.24, 2.45) is 7.05 Å². The largest absolute Gasteiger partial charge is 0.456 e. The highest BCUT2D eigenvalue weighted by Crippen LogP contribution is 2.33. The van der Waals surface area contributed by atoms with Gasteiger partial charge >= 0.3 is 0 Å². The molecule has 2 aromatic heterocycles. The second-order valence-electron chi connectivity index (χ2n) is 7.61. The van der Waals surface area contributed by atoms with Crippen LogP contribution in [0, 0.1) is 0 Å². The lowest BCUT2D eigenvalue weighted by molar-refractivity contribution is 0.0446. The molecule has 1 aliphatic rings. The van der Waals surface area contributed by atoms with Gasteiger partial charge in [-0.3, -0.25) is 4.90 Å². The van der Waals surface area contributed by atoms with E-state index in [9.17, 15) is 5.11 Å². The number of hydrogen-bond donors (Lipinski definition) is 1. The molecule has 1 fully saturated rings. The first-order valence-electron chi connectivity index (χ1n) is 9.63. The number of likely N-dealkylation sites (tertiary alicyclic amines) is 1. The Morgan fingerprint density at radius 3 is 2.64 bits per heavy atom. The molecule has 0 radical (unpaired) electrons. The highest BCUT2D eigenvalue weighted by Gasteiger charge is 2.37. The summed E-state index contributed by atoms with van der Waals surface area (Å²) < 4.78 is 8.17. The van der Waals surface area contributed by atoms with Crippen molar-refractivity contribution in [3.63, 3.8) is 0 Å². The summed E-state index contributed by atoms with van der Waals surface area (Å²) in [6, 6.07) is 22.0. The summed E-state index contributed by atoms with van der Waals surface area (Å²) in [6.45, 7) is 2.13. The summed E-state index contributed by atoms with van der Waals surface area (Å²) in [5.74, 6) is 2.49. The van der Waals surface area contributed by atoms with E-state index >= 15 is 0 Å². The van der Waals surface area contributed by atoms with E-state index in [1.165, 1.54) is 0 Å². The van der Waals surface area contributed by atoms with Crippen molar-refractivity contribution >= 4 is 11.0 Å². The lowest BCUT2D eigenvalue weighted by Crippen LogP contribution is -2.30. The van der Waals surface area contributed by atoms with Gasteiger partial charge in [-0.25, -0.2) is 4.98 Å². The van der Waals surface area contributed by atoms with Crippen LogP contribution in [0.4, 0.5) is 0 Å². The number of benzene rings is 2. The summed E-state index contributed by atoms with van der Waals surface area (Å²) >= 11 is 0. The summed E-state index contributed by atoms with van der Waals surface area (Å²) in [5, 5.41) is 11.0. The Hall–Kier alpha value is -2.89. The number of rotatable bonds is 4. The van der Waals surface area contributed by atoms with Crippen LogP contribution in [-0.2, 0) is 19.2 Å². The maximum Gasteiger partial charge on any atom is 0.176 e. The molecule has 1 aliphatic heterocycles. The second-order valence-corrected chi connectivity index (χ2v) is 7.61. The zero-order valence-electron chi connectivity index (χ0n) is 15.9. The molecule has 5 nitrogen and oxygen atoms in total. The third-order valence-corrected chi connectivity index (χ3v) is 5.69. The molecule has 0 aliphatic carbocycles. The molecule has 4 aromatic rings. The van der Waals surface area contributed by atoms with E-state index in [2.05, 4.69) is 15.5 Å². The third kappa shape index (κ3) is 2.93. The van der Waals surface area contributed by atoms with Crippen LogP contribution in [0.5, 0.6) is 0 Å². The number of furan rings is 1. The minimum atomic E-state index is -0.784. The molecule has 1 N–H and O–H groups in total. The van der Waals surface area contributed by atoms with Crippen LogP contribution in [0.2, 0.25) is 0 Å². The first kappa shape index (κ1) is 17.2. The van der Waals surface area contributed by atoms with Crippen LogP contribution < -0.4 is 0 Å². The second kappa shape index (κ2) is 6.62. The highest BCUT2D eigenvalue weighted by molar-refractivity contribution is 5.79. The molecule has 3 heterocycles. The average Bonchev–Trinajstić information content (AvgIpc) is 3.42. The van der Waals surface area contributed by atoms with Crippen LogP contribution in [-0.4, -0.2) is 32.6 Å².